The maximum absolute atomic E-state index is 6.07. The van der Waals surface area contributed by atoms with Crippen LogP contribution in [-0.2, 0) is 6.61 Å². The van der Waals surface area contributed by atoms with Crippen molar-refractivity contribution >= 4 is 5.82 Å². The van der Waals surface area contributed by atoms with E-state index in [4.69, 9.17) is 14.5 Å². The number of rotatable bonds is 5. The van der Waals surface area contributed by atoms with Gasteiger partial charge in [-0.2, -0.15) is 10.1 Å². The molecule has 0 saturated carbocycles. The van der Waals surface area contributed by atoms with Crippen molar-refractivity contribution in [2.45, 2.75) is 39.0 Å². The molecule has 31 heavy (non-hydrogen) atoms. The molecule has 2 aromatic heterocycles. The Kier molecular flexibility index (Phi) is 5.19. The standard InChI is InChI=1S/C24H27N5O2/c1-15(2)26-19-8-9-29(13-19)22-7-6-21-20-5-4-16(10-18(20)14-31-24(21)27-22)17-11-23(30-3)28-25-12-17/h4-7,10-12,15,19,26H,8-9,13-14H2,1-3H3. The SMILES string of the molecule is COc1cc(-c2ccc3c(c2)COc2nc(N4CCC(NC(C)C)C4)ccc2-3)cnn1. The van der Waals surface area contributed by atoms with Crippen molar-refractivity contribution in [2.75, 3.05) is 25.1 Å². The maximum Gasteiger partial charge on any atom is 0.233 e. The first-order valence-electron chi connectivity index (χ1n) is 10.8. The zero-order valence-electron chi connectivity index (χ0n) is 18.1. The Bertz CT molecular complexity index is 1100. The second-order valence-corrected chi connectivity index (χ2v) is 8.42. The van der Waals surface area contributed by atoms with Gasteiger partial charge in [-0.3, -0.25) is 0 Å². The molecule has 0 aliphatic carbocycles. The number of pyridine rings is 1. The number of nitrogens with one attached hydrogen (secondary N) is 1. The summed E-state index contributed by atoms with van der Waals surface area (Å²) in [6.07, 6.45) is 2.88. The summed E-state index contributed by atoms with van der Waals surface area (Å²) in [6, 6.07) is 13.5. The van der Waals surface area contributed by atoms with Gasteiger partial charge in [0.05, 0.1) is 13.3 Å². The van der Waals surface area contributed by atoms with Gasteiger partial charge < -0.3 is 19.7 Å². The highest BCUT2D eigenvalue weighted by atomic mass is 16.5. The molecule has 7 heteroatoms. The van der Waals surface area contributed by atoms with Gasteiger partial charge in [-0.1, -0.05) is 26.0 Å². The van der Waals surface area contributed by atoms with E-state index in [2.05, 4.69) is 64.6 Å². The quantitative estimate of drug-likeness (QED) is 0.679. The summed E-state index contributed by atoms with van der Waals surface area (Å²) in [6.45, 7) is 6.88. The van der Waals surface area contributed by atoms with Crippen molar-refractivity contribution in [1.82, 2.24) is 20.5 Å². The van der Waals surface area contributed by atoms with Crippen molar-refractivity contribution in [3.8, 4) is 34.0 Å². The fourth-order valence-corrected chi connectivity index (χ4v) is 4.40. The molecule has 2 aliphatic heterocycles. The number of nitrogens with zero attached hydrogens (tertiary/aromatic N) is 4. The molecule has 0 bridgehead atoms. The molecule has 4 heterocycles. The Morgan fingerprint density at radius 3 is 2.84 bits per heavy atom. The average molecular weight is 418 g/mol. The fourth-order valence-electron chi connectivity index (χ4n) is 4.40. The van der Waals surface area contributed by atoms with Gasteiger partial charge in [-0.25, -0.2) is 0 Å². The van der Waals surface area contributed by atoms with Gasteiger partial charge in [0.25, 0.3) is 0 Å². The van der Waals surface area contributed by atoms with Crippen molar-refractivity contribution in [3.05, 3.63) is 48.2 Å². The number of benzene rings is 1. The first-order valence-corrected chi connectivity index (χ1v) is 10.8. The molecule has 5 rings (SSSR count). The summed E-state index contributed by atoms with van der Waals surface area (Å²) in [4.78, 5) is 7.19. The fraction of sp³-hybridized carbons (Fsp3) is 0.375. The summed E-state index contributed by atoms with van der Waals surface area (Å²) in [5.41, 5.74) is 5.37. The Morgan fingerprint density at radius 2 is 2.00 bits per heavy atom. The van der Waals surface area contributed by atoms with Crippen LogP contribution < -0.4 is 19.7 Å². The summed E-state index contributed by atoms with van der Waals surface area (Å²) >= 11 is 0. The summed E-state index contributed by atoms with van der Waals surface area (Å²) in [7, 11) is 1.59. The molecule has 1 unspecified atom stereocenters. The van der Waals surface area contributed by atoms with Gasteiger partial charge in [0.2, 0.25) is 11.8 Å². The minimum atomic E-state index is 0.496. The zero-order valence-corrected chi connectivity index (χ0v) is 18.1. The van der Waals surface area contributed by atoms with Crippen LogP contribution in [0.25, 0.3) is 22.3 Å². The smallest absolute Gasteiger partial charge is 0.233 e. The zero-order chi connectivity index (χ0) is 21.4. The van der Waals surface area contributed by atoms with Crippen LogP contribution in [0.3, 0.4) is 0 Å². The van der Waals surface area contributed by atoms with Gasteiger partial charge in [0.15, 0.2) is 0 Å². The second kappa shape index (κ2) is 8.15. The lowest BCUT2D eigenvalue weighted by Gasteiger charge is -2.24. The second-order valence-electron chi connectivity index (χ2n) is 8.42. The van der Waals surface area contributed by atoms with Gasteiger partial charge in [-0.15, -0.1) is 5.10 Å². The molecule has 2 aliphatic rings. The first-order chi connectivity index (χ1) is 15.1. The molecule has 1 aromatic carbocycles. The largest absolute Gasteiger partial charge is 0.480 e. The van der Waals surface area contributed by atoms with Gasteiger partial charge in [-0.05, 0) is 41.3 Å². The van der Waals surface area contributed by atoms with E-state index < -0.39 is 0 Å². The van der Waals surface area contributed by atoms with E-state index in [0.29, 0.717) is 30.5 Å². The normalized spacial score (nSPS) is 17.3. The molecule has 0 radical (unpaired) electrons. The summed E-state index contributed by atoms with van der Waals surface area (Å²) in [5, 5.41) is 11.6. The van der Waals surface area contributed by atoms with Gasteiger partial charge in [0, 0.05) is 42.4 Å². The predicted octanol–water partition coefficient (Wildman–Crippen LogP) is 3.68. The topological polar surface area (TPSA) is 72.4 Å². The third-order valence-corrected chi connectivity index (χ3v) is 5.86. The van der Waals surface area contributed by atoms with E-state index in [1.165, 1.54) is 5.56 Å². The first kappa shape index (κ1) is 19.8. The highest BCUT2D eigenvalue weighted by molar-refractivity contribution is 5.78. The summed E-state index contributed by atoms with van der Waals surface area (Å²) < 4.78 is 11.3. The lowest BCUT2D eigenvalue weighted by Crippen LogP contribution is -2.37. The lowest BCUT2D eigenvalue weighted by atomic mass is 9.95. The lowest BCUT2D eigenvalue weighted by molar-refractivity contribution is 0.290. The number of fused-ring (bicyclic) bond motifs is 3. The van der Waals surface area contributed by atoms with Crippen molar-refractivity contribution in [1.29, 1.82) is 0 Å². The van der Waals surface area contributed by atoms with Gasteiger partial charge in [0.1, 0.15) is 12.4 Å². The average Bonchev–Trinajstić information content (AvgIpc) is 3.26. The molecule has 1 atom stereocenters. The van der Waals surface area contributed by atoms with E-state index in [1.54, 1.807) is 13.3 Å². The number of methoxy groups -OCH3 is 1. The monoisotopic (exact) mass is 417 g/mol. The molecule has 1 fully saturated rings. The Balaban J connectivity index is 1.40. The molecule has 7 nitrogen and oxygen atoms in total. The van der Waals surface area contributed by atoms with E-state index in [-0.39, 0.29) is 0 Å². The van der Waals surface area contributed by atoms with Crippen LogP contribution in [0.4, 0.5) is 5.82 Å². The molecule has 1 N–H and O–H groups in total. The Hall–Kier alpha value is -3.19. The number of hydrogen-bond acceptors (Lipinski definition) is 7. The Morgan fingerprint density at radius 1 is 1.13 bits per heavy atom. The van der Waals surface area contributed by atoms with Gasteiger partial charge >= 0.3 is 0 Å². The number of anilines is 1. The third-order valence-electron chi connectivity index (χ3n) is 5.86. The number of hydrogen-bond donors (Lipinski definition) is 1. The molecule has 160 valence electrons. The van der Waals surface area contributed by atoms with E-state index >= 15 is 0 Å². The van der Waals surface area contributed by atoms with Crippen LogP contribution in [0, 0.1) is 0 Å². The molecular formula is C24H27N5O2. The predicted molar refractivity (Wildman–Crippen MR) is 120 cm³/mol. The van der Waals surface area contributed by atoms with Crippen molar-refractivity contribution in [3.63, 3.8) is 0 Å². The van der Waals surface area contributed by atoms with Crippen LogP contribution in [-0.4, -0.2) is 47.5 Å². The number of ether oxygens (including phenoxy) is 2. The van der Waals surface area contributed by atoms with E-state index in [1.807, 2.05) is 6.07 Å². The minimum Gasteiger partial charge on any atom is -0.480 e. The van der Waals surface area contributed by atoms with Crippen molar-refractivity contribution in [2.24, 2.45) is 0 Å². The van der Waals surface area contributed by atoms with Crippen LogP contribution in [0.5, 0.6) is 11.8 Å². The van der Waals surface area contributed by atoms with Crippen LogP contribution >= 0.6 is 0 Å². The van der Waals surface area contributed by atoms with Crippen molar-refractivity contribution < 1.29 is 9.47 Å². The van der Waals surface area contributed by atoms with E-state index in [0.717, 1.165) is 47.6 Å². The summed E-state index contributed by atoms with van der Waals surface area (Å²) in [5.74, 6) is 2.20. The highest BCUT2D eigenvalue weighted by Gasteiger charge is 2.26. The van der Waals surface area contributed by atoms with Crippen LogP contribution in [0.1, 0.15) is 25.8 Å². The molecule has 3 aromatic rings. The highest BCUT2D eigenvalue weighted by Crippen LogP contribution is 2.39. The third kappa shape index (κ3) is 3.93. The molecule has 0 amide bonds. The maximum atomic E-state index is 6.07. The molecular weight excluding hydrogens is 390 g/mol. The van der Waals surface area contributed by atoms with Crippen LogP contribution in [0.15, 0.2) is 42.6 Å². The number of aromatic nitrogens is 3. The Labute approximate surface area is 182 Å². The van der Waals surface area contributed by atoms with E-state index in [9.17, 15) is 0 Å². The molecule has 1 saturated heterocycles. The minimum absolute atomic E-state index is 0.496. The molecule has 0 spiro atoms. The van der Waals surface area contributed by atoms with Crippen LogP contribution in [0.2, 0.25) is 0 Å².